The lowest BCUT2D eigenvalue weighted by molar-refractivity contribution is -0.138. The Hall–Kier alpha value is -1.97. The van der Waals surface area contributed by atoms with Crippen molar-refractivity contribution in [3.05, 3.63) is 71.8 Å². The number of aliphatic hydroxyl groups excluding tert-OH is 2. The van der Waals surface area contributed by atoms with E-state index in [2.05, 4.69) is 0 Å². The summed E-state index contributed by atoms with van der Waals surface area (Å²) >= 11 is 0. The average molecular weight is 310 g/mol. The third-order valence-corrected chi connectivity index (χ3v) is 4.81. The minimum absolute atomic E-state index is 0.0241. The molecule has 0 aliphatic heterocycles. The fourth-order valence-corrected chi connectivity index (χ4v) is 3.51. The van der Waals surface area contributed by atoms with E-state index in [1.165, 1.54) is 0 Å². The van der Waals surface area contributed by atoms with Gasteiger partial charge in [0, 0.05) is 11.8 Å². The summed E-state index contributed by atoms with van der Waals surface area (Å²) in [5.74, 6) is -0.895. The van der Waals surface area contributed by atoms with Gasteiger partial charge in [-0.05, 0) is 24.0 Å². The lowest BCUT2D eigenvalue weighted by Crippen LogP contribution is -2.35. The van der Waals surface area contributed by atoms with Crippen LogP contribution >= 0.6 is 0 Å². The second-order valence-electron chi connectivity index (χ2n) is 6.26. The van der Waals surface area contributed by atoms with Gasteiger partial charge in [0.2, 0.25) is 0 Å². The second-order valence-corrected chi connectivity index (χ2v) is 6.26. The maximum absolute atomic E-state index is 12.8. The number of carbonyl (C=O) groups is 1. The summed E-state index contributed by atoms with van der Waals surface area (Å²) < 4.78 is 0. The SMILES string of the molecule is O=C1[C@@H]([C@H](O)c2ccccc2)CCC[C@@H]1[C@H](O)c1ccccc1. The van der Waals surface area contributed by atoms with Gasteiger partial charge < -0.3 is 10.2 Å². The summed E-state index contributed by atoms with van der Waals surface area (Å²) in [6, 6.07) is 18.6. The molecule has 0 saturated heterocycles. The molecular formula is C20H22O3. The number of hydrogen-bond donors (Lipinski definition) is 2. The zero-order valence-electron chi connectivity index (χ0n) is 13.0. The fourth-order valence-electron chi connectivity index (χ4n) is 3.51. The van der Waals surface area contributed by atoms with Crippen LogP contribution in [0.4, 0.5) is 0 Å². The van der Waals surface area contributed by atoms with Crippen LogP contribution in [-0.4, -0.2) is 16.0 Å². The van der Waals surface area contributed by atoms with Crippen LogP contribution in [0.5, 0.6) is 0 Å². The number of hydrogen-bond acceptors (Lipinski definition) is 3. The van der Waals surface area contributed by atoms with E-state index in [1.807, 2.05) is 60.7 Å². The molecule has 3 heteroatoms. The zero-order valence-corrected chi connectivity index (χ0v) is 13.0. The first kappa shape index (κ1) is 15.9. The van der Waals surface area contributed by atoms with Crippen LogP contribution in [0.15, 0.2) is 60.7 Å². The molecule has 0 heterocycles. The molecule has 23 heavy (non-hydrogen) atoms. The second kappa shape index (κ2) is 7.07. The molecule has 0 spiro atoms. The van der Waals surface area contributed by atoms with Gasteiger partial charge in [0.05, 0.1) is 12.2 Å². The van der Waals surface area contributed by atoms with Crippen LogP contribution in [0.25, 0.3) is 0 Å². The number of carbonyl (C=O) groups excluding carboxylic acids is 1. The first-order chi connectivity index (χ1) is 11.2. The minimum Gasteiger partial charge on any atom is -0.388 e. The Kier molecular flexibility index (Phi) is 4.89. The van der Waals surface area contributed by atoms with E-state index in [4.69, 9.17) is 0 Å². The summed E-state index contributed by atoms with van der Waals surface area (Å²) in [7, 11) is 0. The van der Waals surface area contributed by atoms with Crippen molar-refractivity contribution < 1.29 is 15.0 Å². The van der Waals surface area contributed by atoms with Gasteiger partial charge in [-0.3, -0.25) is 4.79 Å². The Labute approximate surface area is 136 Å². The zero-order chi connectivity index (χ0) is 16.2. The fraction of sp³-hybridized carbons (Fsp3) is 0.350. The van der Waals surface area contributed by atoms with Gasteiger partial charge in [0.15, 0.2) is 0 Å². The van der Waals surface area contributed by atoms with Crippen LogP contribution in [-0.2, 0) is 4.79 Å². The van der Waals surface area contributed by atoms with Crippen molar-refractivity contribution >= 4 is 5.78 Å². The van der Waals surface area contributed by atoms with Crippen molar-refractivity contribution in [1.29, 1.82) is 0 Å². The number of rotatable bonds is 4. The molecule has 1 aliphatic rings. The Morgan fingerprint density at radius 1 is 0.739 bits per heavy atom. The molecule has 120 valence electrons. The molecule has 2 N–H and O–H groups in total. The van der Waals surface area contributed by atoms with Crippen LogP contribution in [0.2, 0.25) is 0 Å². The molecule has 4 atom stereocenters. The highest BCUT2D eigenvalue weighted by Gasteiger charge is 2.39. The molecule has 0 amide bonds. The van der Waals surface area contributed by atoms with Crippen LogP contribution < -0.4 is 0 Å². The molecule has 0 unspecified atom stereocenters. The first-order valence-corrected chi connectivity index (χ1v) is 8.18. The van der Waals surface area contributed by atoms with Crippen LogP contribution in [0, 0.1) is 11.8 Å². The molecule has 3 rings (SSSR count). The van der Waals surface area contributed by atoms with E-state index in [9.17, 15) is 15.0 Å². The number of ketones is 1. The van der Waals surface area contributed by atoms with Crippen molar-refractivity contribution in [2.45, 2.75) is 31.5 Å². The van der Waals surface area contributed by atoms with Gasteiger partial charge >= 0.3 is 0 Å². The van der Waals surface area contributed by atoms with Gasteiger partial charge in [0.25, 0.3) is 0 Å². The summed E-state index contributed by atoms with van der Waals surface area (Å²) in [5.41, 5.74) is 1.53. The molecule has 2 aromatic carbocycles. The molecule has 1 aliphatic carbocycles. The summed E-state index contributed by atoms with van der Waals surface area (Å²) in [5, 5.41) is 21.2. The number of aliphatic hydroxyl groups is 2. The summed E-state index contributed by atoms with van der Waals surface area (Å²) in [6.07, 6.45) is 0.596. The normalized spacial score (nSPS) is 24.2. The van der Waals surface area contributed by atoms with E-state index < -0.39 is 24.0 Å². The Morgan fingerprint density at radius 2 is 1.13 bits per heavy atom. The molecular weight excluding hydrogens is 288 g/mol. The lowest BCUT2D eigenvalue weighted by Gasteiger charge is -2.33. The molecule has 0 bridgehead atoms. The highest BCUT2D eigenvalue weighted by atomic mass is 16.3. The lowest BCUT2D eigenvalue weighted by atomic mass is 9.73. The highest BCUT2D eigenvalue weighted by molar-refractivity contribution is 5.85. The number of benzene rings is 2. The largest absolute Gasteiger partial charge is 0.388 e. The Morgan fingerprint density at radius 3 is 1.52 bits per heavy atom. The van der Waals surface area contributed by atoms with Gasteiger partial charge in [-0.15, -0.1) is 0 Å². The standard InChI is InChI=1S/C20H22O3/c21-18(14-8-3-1-4-9-14)16-12-7-13-17(20(16)23)19(22)15-10-5-2-6-11-15/h1-6,8-11,16-19,21-22H,7,12-13H2/t16-,17-,18-,19-/m1/s1. The van der Waals surface area contributed by atoms with Crippen molar-refractivity contribution in [1.82, 2.24) is 0 Å². The first-order valence-electron chi connectivity index (χ1n) is 8.18. The summed E-state index contributed by atoms with van der Waals surface area (Å²) in [6.45, 7) is 0. The van der Waals surface area contributed by atoms with E-state index in [0.29, 0.717) is 12.8 Å². The van der Waals surface area contributed by atoms with Crippen molar-refractivity contribution in [2.75, 3.05) is 0 Å². The van der Waals surface area contributed by atoms with Crippen LogP contribution in [0.1, 0.15) is 42.6 Å². The number of Topliss-reactive ketones (excluding diaryl/α,β-unsaturated/α-hetero) is 1. The smallest absolute Gasteiger partial charge is 0.144 e. The molecule has 1 fully saturated rings. The third-order valence-electron chi connectivity index (χ3n) is 4.81. The average Bonchev–Trinajstić information content (AvgIpc) is 2.62. The van der Waals surface area contributed by atoms with E-state index >= 15 is 0 Å². The molecule has 0 radical (unpaired) electrons. The van der Waals surface area contributed by atoms with Crippen molar-refractivity contribution in [3.8, 4) is 0 Å². The quantitative estimate of drug-likeness (QED) is 0.909. The Balaban J connectivity index is 1.79. The van der Waals surface area contributed by atoms with E-state index in [1.54, 1.807) is 0 Å². The van der Waals surface area contributed by atoms with Gasteiger partial charge in [-0.2, -0.15) is 0 Å². The van der Waals surface area contributed by atoms with Crippen LogP contribution in [0.3, 0.4) is 0 Å². The topological polar surface area (TPSA) is 57.5 Å². The predicted octanol–water partition coefficient (Wildman–Crippen LogP) is 3.44. The molecule has 1 saturated carbocycles. The van der Waals surface area contributed by atoms with Gasteiger partial charge in [0.1, 0.15) is 5.78 Å². The third kappa shape index (κ3) is 3.36. The maximum Gasteiger partial charge on any atom is 0.144 e. The van der Waals surface area contributed by atoms with Crippen molar-refractivity contribution in [2.24, 2.45) is 11.8 Å². The van der Waals surface area contributed by atoms with Gasteiger partial charge in [-0.25, -0.2) is 0 Å². The van der Waals surface area contributed by atoms with Crippen molar-refractivity contribution in [3.63, 3.8) is 0 Å². The monoisotopic (exact) mass is 310 g/mol. The highest BCUT2D eigenvalue weighted by Crippen LogP contribution is 2.39. The molecule has 2 aromatic rings. The minimum atomic E-state index is -0.797. The maximum atomic E-state index is 12.8. The molecule has 0 aromatic heterocycles. The summed E-state index contributed by atoms with van der Waals surface area (Å²) in [4.78, 5) is 12.8. The van der Waals surface area contributed by atoms with E-state index in [0.717, 1.165) is 17.5 Å². The van der Waals surface area contributed by atoms with E-state index in [-0.39, 0.29) is 5.78 Å². The Bertz CT molecular complexity index is 583. The predicted molar refractivity (Wildman–Crippen MR) is 88.6 cm³/mol. The van der Waals surface area contributed by atoms with Gasteiger partial charge in [-0.1, -0.05) is 67.1 Å². The molecule has 3 nitrogen and oxygen atoms in total.